The van der Waals surface area contributed by atoms with Crippen molar-refractivity contribution in [3.63, 3.8) is 0 Å². The molecule has 0 N–H and O–H groups in total. The van der Waals surface area contributed by atoms with E-state index in [0.717, 1.165) is 0 Å². The fraction of sp³-hybridized carbons (Fsp3) is 0. The van der Waals surface area contributed by atoms with Crippen molar-refractivity contribution in [2.75, 3.05) is 0 Å². The molecular weight excluding hydrogens is 497 g/mol. The smallest absolute Gasteiger partial charge is 0.0894 e. The van der Waals surface area contributed by atoms with E-state index in [1.165, 1.54) is 46.7 Å². The van der Waals surface area contributed by atoms with Crippen LogP contribution in [0.25, 0.3) is 22.3 Å². The molecule has 0 fully saturated rings. The maximum absolute atomic E-state index is 2.31. The van der Waals surface area contributed by atoms with E-state index in [-0.39, 0.29) is 10.9 Å². The zero-order chi connectivity index (χ0) is 25.6. The number of hydrogen-bond donors (Lipinski definition) is 0. The second-order valence-electron chi connectivity index (χ2n) is 8.92. The molecule has 0 saturated heterocycles. The van der Waals surface area contributed by atoms with Crippen LogP contribution in [0.5, 0.6) is 0 Å². The fourth-order valence-corrected chi connectivity index (χ4v) is 7.84. The van der Waals surface area contributed by atoms with Gasteiger partial charge in [0, 0.05) is 15.4 Å². The summed E-state index contributed by atoms with van der Waals surface area (Å²) in [5.41, 5.74) is 5.05. The molecule has 0 nitrogen and oxygen atoms in total. The Kier molecular flexibility index (Phi) is 7.44. The molecule has 0 radical (unpaired) electrons. The van der Waals surface area contributed by atoms with Crippen LogP contribution in [0.1, 0.15) is 0 Å². The molecule has 1 unspecified atom stereocenters. The minimum atomic E-state index is -0.225. The van der Waals surface area contributed by atoms with E-state index >= 15 is 0 Å². The van der Waals surface area contributed by atoms with Crippen LogP contribution in [0, 0.1) is 0 Å². The van der Waals surface area contributed by atoms with Gasteiger partial charge in [-0.05, 0) is 71.3 Å². The third-order valence-electron chi connectivity index (χ3n) is 6.43. The van der Waals surface area contributed by atoms with E-state index in [1.54, 1.807) is 0 Å². The van der Waals surface area contributed by atoms with Gasteiger partial charge in [-0.25, -0.2) is 0 Å². The summed E-state index contributed by atoms with van der Waals surface area (Å²) < 4.78 is 0. The van der Waals surface area contributed by atoms with Crippen LogP contribution in [0.3, 0.4) is 0 Å². The van der Waals surface area contributed by atoms with Crippen LogP contribution < -0.4 is 0 Å². The lowest BCUT2D eigenvalue weighted by Crippen LogP contribution is -2.06. The first kappa shape index (κ1) is 24.4. The maximum atomic E-state index is 2.31. The Bertz CT molecular complexity index is 1610. The third-order valence-corrected chi connectivity index (χ3v) is 9.80. The minimum absolute atomic E-state index is 0.225. The van der Waals surface area contributed by atoms with Gasteiger partial charge in [0.05, 0.1) is 10.9 Å². The summed E-state index contributed by atoms with van der Waals surface area (Å²) in [6.45, 7) is 0. The van der Waals surface area contributed by atoms with Crippen LogP contribution in [0.15, 0.2) is 188 Å². The van der Waals surface area contributed by atoms with Gasteiger partial charge < -0.3 is 0 Å². The Labute approximate surface area is 232 Å². The highest BCUT2D eigenvalue weighted by molar-refractivity contribution is 7.99. The highest BCUT2D eigenvalue weighted by Gasteiger charge is 2.31. The lowest BCUT2D eigenvalue weighted by molar-refractivity contribution is 1.28. The van der Waals surface area contributed by atoms with Gasteiger partial charge in [0.15, 0.2) is 14.7 Å². The van der Waals surface area contributed by atoms with Gasteiger partial charge in [-0.2, -0.15) is 0 Å². The van der Waals surface area contributed by atoms with Crippen molar-refractivity contribution in [2.45, 2.75) is 24.5 Å². The lowest BCUT2D eigenvalue weighted by atomic mass is 10.1. The molecule has 2 heteroatoms. The topological polar surface area (TPSA) is 0 Å². The molecule has 0 spiro atoms. The monoisotopic (exact) mass is 523 g/mol. The second kappa shape index (κ2) is 11.6. The highest BCUT2D eigenvalue weighted by atomic mass is 32.2. The summed E-state index contributed by atoms with van der Waals surface area (Å²) >= 11 is 1.82. The summed E-state index contributed by atoms with van der Waals surface area (Å²) in [6.07, 6.45) is 0. The Hall–Kier alpha value is -3.98. The Morgan fingerprint density at radius 3 is 1.50 bits per heavy atom. The normalized spacial score (nSPS) is 11.7. The first-order valence-electron chi connectivity index (χ1n) is 12.7. The van der Waals surface area contributed by atoms with Gasteiger partial charge in [0.25, 0.3) is 0 Å². The predicted octanol–water partition coefficient (Wildman–Crippen LogP) is 10.3. The first-order chi connectivity index (χ1) is 18.9. The molecule has 0 aromatic heterocycles. The van der Waals surface area contributed by atoms with E-state index in [0.29, 0.717) is 0 Å². The number of rotatable bonds is 7. The molecule has 6 aromatic rings. The second-order valence-corrected chi connectivity index (χ2v) is 12.0. The van der Waals surface area contributed by atoms with Crippen LogP contribution in [0.2, 0.25) is 0 Å². The summed E-state index contributed by atoms with van der Waals surface area (Å²) in [5, 5.41) is 0. The largest absolute Gasteiger partial charge is 0.174 e. The van der Waals surface area contributed by atoms with Gasteiger partial charge >= 0.3 is 0 Å². The van der Waals surface area contributed by atoms with Gasteiger partial charge in [0.2, 0.25) is 0 Å². The molecule has 0 aliphatic heterocycles. The Morgan fingerprint density at radius 1 is 0.368 bits per heavy atom. The summed E-state index contributed by atoms with van der Waals surface area (Å²) in [4.78, 5) is 6.50. The van der Waals surface area contributed by atoms with E-state index < -0.39 is 0 Å². The van der Waals surface area contributed by atoms with E-state index in [9.17, 15) is 0 Å². The molecule has 182 valence electrons. The quantitative estimate of drug-likeness (QED) is 0.188. The molecule has 1 atom stereocenters. The van der Waals surface area contributed by atoms with E-state index in [1.807, 2.05) is 11.8 Å². The SMILES string of the molecule is c1ccc(-c2ccccc2Sc2ccc([S+](c3ccccc3)c3ccccc3-c3ccccc3)cc2)cc1. The van der Waals surface area contributed by atoms with Crippen molar-refractivity contribution in [3.05, 3.63) is 164 Å². The first-order valence-corrected chi connectivity index (χ1v) is 14.8. The maximum Gasteiger partial charge on any atom is 0.174 e. The van der Waals surface area contributed by atoms with Crippen LogP contribution in [-0.2, 0) is 10.9 Å². The number of hydrogen-bond acceptors (Lipinski definition) is 1. The molecule has 6 aromatic carbocycles. The van der Waals surface area contributed by atoms with Crippen molar-refractivity contribution in [2.24, 2.45) is 0 Å². The van der Waals surface area contributed by atoms with Gasteiger partial charge in [-0.3, -0.25) is 0 Å². The third kappa shape index (κ3) is 5.33. The highest BCUT2D eigenvalue weighted by Crippen LogP contribution is 2.40. The molecule has 6 rings (SSSR count). The van der Waals surface area contributed by atoms with Gasteiger partial charge in [-0.1, -0.05) is 121 Å². The lowest BCUT2D eigenvalue weighted by Gasteiger charge is -2.13. The van der Waals surface area contributed by atoms with Gasteiger partial charge in [-0.15, -0.1) is 0 Å². The van der Waals surface area contributed by atoms with Gasteiger partial charge in [0.1, 0.15) is 0 Å². The summed E-state index contributed by atoms with van der Waals surface area (Å²) in [7, 11) is -0.225. The zero-order valence-electron chi connectivity index (χ0n) is 20.9. The van der Waals surface area contributed by atoms with Crippen molar-refractivity contribution in [3.8, 4) is 22.3 Å². The molecule has 0 heterocycles. The molecule has 0 saturated carbocycles. The fourth-order valence-electron chi connectivity index (χ4n) is 4.63. The average Bonchev–Trinajstić information content (AvgIpc) is 3.00. The predicted molar refractivity (Wildman–Crippen MR) is 163 cm³/mol. The molecular formula is C36H27S2+. The van der Waals surface area contributed by atoms with Crippen LogP contribution >= 0.6 is 11.8 Å². The minimum Gasteiger partial charge on any atom is -0.0894 e. The molecule has 0 aliphatic carbocycles. The summed E-state index contributed by atoms with van der Waals surface area (Å²) in [5.74, 6) is 0. The van der Waals surface area contributed by atoms with Crippen molar-refractivity contribution < 1.29 is 0 Å². The van der Waals surface area contributed by atoms with Crippen molar-refractivity contribution in [1.29, 1.82) is 0 Å². The standard InChI is InChI=1S/C36H27S2/c1-4-14-28(15-5-1)33-20-10-12-22-35(33)37-30-24-26-32(27-25-30)38(31-18-8-3-9-19-31)36-23-13-11-21-34(36)29-16-6-2-7-17-29/h1-27H/q+1. The summed E-state index contributed by atoms with van der Waals surface area (Å²) in [6, 6.07) is 58.9. The molecule has 0 aliphatic rings. The average molecular weight is 524 g/mol. The molecule has 38 heavy (non-hydrogen) atoms. The van der Waals surface area contributed by atoms with Crippen LogP contribution in [-0.4, -0.2) is 0 Å². The molecule has 0 amide bonds. The molecule has 0 bridgehead atoms. The van der Waals surface area contributed by atoms with Crippen molar-refractivity contribution in [1.82, 2.24) is 0 Å². The van der Waals surface area contributed by atoms with E-state index in [4.69, 9.17) is 0 Å². The Morgan fingerprint density at radius 2 is 0.842 bits per heavy atom. The number of benzene rings is 6. The van der Waals surface area contributed by atoms with Crippen LogP contribution in [0.4, 0.5) is 0 Å². The zero-order valence-corrected chi connectivity index (χ0v) is 22.5. The Balaban J connectivity index is 1.37. The van der Waals surface area contributed by atoms with Crippen molar-refractivity contribution >= 4 is 22.7 Å². The van der Waals surface area contributed by atoms with E-state index in [2.05, 4.69) is 164 Å².